The van der Waals surface area contributed by atoms with Crippen molar-refractivity contribution in [2.75, 3.05) is 20.2 Å². The van der Waals surface area contributed by atoms with Gasteiger partial charge < -0.3 is 9.64 Å². The summed E-state index contributed by atoms with van der Waals surface area (Å²) in [5.41, 5.74) is 4.07. The predicted molar refractivity (Wildman–Crippen MR) is 116 cm³/mol. The fourth-order valence-electron chi connectivity index (χ4n) is 3.74. The second-order valence-corrected chi connectivity index (χ2v) is 7.58. The molecule has 1 aliphatic heterocycles. The number of ether oxygens (including phenoxy) is 1. The summed E-state index contributed by atoms with van der Waals surface area (Å²) in [4.78, 5) is 14.8. The quantitative estimate of drug-likeness (QED) is 0.502. The first-order valence-electron chi connectivity index (χ1n) is 10.1. The Morgan fingerprint density at radius 1 is 1.00 bits per heavy atom. The number of aryl methyl sites for hydroxylation is 1. The van der Waals surface area contributed by atoms with Gasteiger partial charge in [-0.1, -0.05) is 47.7 Å². The predicted octanol–water partition coefficient (Wildman–Crippen LogP) is 3.05. The van der Waals surface area contributed by atoms with Gasteiger partial charge in [0.1, 0.15) is 17.1 Å². The van der Waals surface area contributed by atoms with Gasteiger partial charge in [-0.15, -0.1) is 5.10 Å². The van der Waals surface area contributed by atoms with Crippen molar-refractivity contribution in [3.63, 3.8) is 0 Å². The summed E-state index contributed by atoms with van der Waals surface area (Å²) >= 11 is 0. The Hall–Kier alpha value is -3.94. The van der Waals surface area contributed by atoms with Crippen molar-refractivity contribution >= 4 is 5.91 Å². The van der Waals surface area contributed by atoms with E-state index in [0.717, 1.165) is 28.3 Å². The van der Waals surface area contributed by atoms with E-state index in [9.17, 15) is 4.79 Å². The zero-order valence-corrected chi connectivity index (χ0v) is 17.3. The van der Waals surface area contributed by atoms with Crippen molar-refractivity contribution in [2.24, 2.45) is 7.05 Å². The zero-order valence-electron chi connectivity index (χ0n) is 17.3. The van der Waals surface area contributed by atoms with E-state index in [4.69, 9.17) is 4.74 Å². The molecule has 8 heteroatoms. The standard InChI is InChI=1S/C23H22N6O2/c1-27-22(12-20(25-27)17-9-6-10-19(11-17)31-2)23(30)28-13-18(14-28)29-15-21(24-26-29)16-7-4-3-5-8-16/h3-12,15,18H,13-14H2,1-2H3. The van der Waals surface area contributed by atoms with Gasteiger partial charge in [0.15, 0.2) is 0 Å². The number of rotatable bonds is 5. The first-order valence-corrected chi connectivity index (χ1v) is 10.1. The van der Waals surface area contributed by atoms with Gasteiger partial charge in [0.2, 0.25) is 0 Å². The number of carbonyl (C=O) groups excluding carboxylic acids is 1. The molecule has 1 fully saturated rings. The lowest BCUT2D eigenvalue weighted by Gasteiger charge is -2.38. The van der Waals surface area contributed by atoms with Crippen molar-refractivity contribution in [1.82, 2.24) is 29.7 Å². The van der Waals surface area contributed by atoms with Crippen LogP contribution in [-0.4, -0.2) is 55.8 Å². The number of amides is 1. The molecule has 8 nitrogen and oxygen atoms in total. The number of hydrogen-bond acceptors (Lipinski definition) is 5. The summed E-state index contributed by atoms with van der Waals surface area (Å²) < 4.78 is 8.76. The smallest absolute Gasteiger partial charge is 0.272 e. The number of hydrogen-bond donors (Lipinski definition) is 0. The lowest BCUT2D eigenvalue weighted by atomic mass is 10.1. The van der Waals surface area contributed by atoms with E-state index in [1.807, 2.05) is 71.5 Å². The lowest BCUT2D eigenvalue weighted by molar-refractivity contribution is 0.0487. The second-order valence-electron chi connectivity index (χ2n) is 7.58. The van der Waals surface area contributed by atoms with E-state index < -0.39 is 0 Å². The number of benzene rings is 2. The molecule has 1 amide bonds. The first kappa shape index (κ1) is 19.0. The Morgan fingerprint density at radius 2 is 1.77 bits per heavy atom. The van der Waals surface area contributed by atoms with Gasteiger partial charge in [0.05, 0.1) is 25.0 Å². The minimum atomic E-state index is -0.0382. The molecule has 5 rings (SSSR count). The first-order chi connectivity index (χ1) is 15.1. The summed E-state index contributed by atoms with van der Waals surface area (Å²) in [5.74, 6) is 0.716. The summed E-state index contributed by atoms with van der Waals surface area (Å²) in [6.45, 7) is 1.19. The van der Waals surface area contributed by atoms with Crippen LogP contribution >= 0.6 is 0 Å². The van der Waals surface area contributed by atoms with Gasteiger partial charge in [-0.2, -0.15) is 5.10 Å². The molecule has 0 aliphatic carbocycles. The maximum Gasteiger partial charge on any atom is 0.272 e. The highest BCUT2D eigenvalue weighted by molar-refractivity contribution is 5.94. The molecule has 0 N–H and O–H groups in total. The third-order valence-electron chi connectivity index (χ3n) is 5.57. The van der Waals surface area contributed by atoms with Gasteiger partial charge in [-0.3, -0.25) is 9.48 Å². The highest BCUT2D eigenvalue weighted by atomic mass is 16.5. The Bertz CT molecular complexity index is 1220. The van der Waals surface area contributed by atoms with Crippen molar-refractivity contribution in [3.05, 3.63) is 72.6 Å². The van der Waals surface area contributed by atoms with Crippen LogP contribution in [0.5, 0.6) is 5.75 Å². The molecule has 3 heterocycles. The molecular weight excluding hydrogens is 392 g/mol. The number of likely N-dealkylation sites (tertiary alicyclic amines) is 1. The Kier molecular flexibility index (Phi) is 4.74. The van der Waals surface area contributed by atoms with Crippen LogP contribution in [0.4, 0.5) is 0 Å². The van der Waals surface area contributed by atoms with Gasteiger partial charge in [0.25, 0.3) is 5.91 Å². The molecular formula is C23H22N6O2. The molecule has 31 heavy (non-hydrogen) atoms. The average Bonchev–Trinajstić information content (AvgIpc) is 3.40. The summed E-state index contributed by atoms with van der Waals surface area (Å²) in [6, 6.07) is 19.5. The van der Waals surface area contributed by atoms with Crippen LogP contribution < -0.4 is 4.74 Å². The van der Waals surface area contributed by atoms with E-state index in [-0.39, 0.29) is 11.9 Å². The third-order valence-corrected chi connectivity index (χ3v) is 5.57. The monoisotopic (exact) mass is 414 g/mol. The van der Waals surface area contributed by atoms with Crippen LogP contribution in [0.25, 0.3) is 22.5 Å². The molecule has 156 valence electrons. The van der Waals surface area contributed by atoms with Crippen molar-refractivity contribution in [2.45, 2.75) is 6.04 Å². The zero-order chi connectivity index (χ0) is 21.4. The molecule has 2 aromatic carbocycles. The fourth-order valence-corrected chi connectivity index (χ4v) is 3.74. The molecule has 0 spiro atoms. The summed E-state index contributed by atoms with van der Waals surface area (Å²) in [7, 11) is 3.42. The van der Waals surface area contributed by atoms with Crippen LogP contribution in [-0.2, 0) is 7.05 Å². The fraction of sp³-hybridized carbons (Fsp3) is 0.217. The lowest BCUT2D eigenvalue weighted by Crippen LogP contribution is -2.51. The molecule has 0 unspecified atom stereocenters. The topological polar surface area (TPSA) is 78.1 Å². The Balaban J connectivity index is 1.28. The minimum absolute atomic E-state index is 0.0382. The SMILES string of the molecule is COc1cccc(-c2cc(C(=O)N3CC(n4cc(-c5ccccc5)nn4)C3)n(C)n2)c1. The van der Waals surface area contributed by atoms with Gasteiger partial charge in [-0.25, -0.2) is 4.68 Å². The van der Waals surface area contributed by atoms with E-state index in [0.29, 0.717) is 18.8 Å². The molecule has 0 saturated carbocycles. The van der Waals surface area contributed by atoms with Gasteiger partial charge in [0, 0.05) is 31.3 Å². The molecule has 1 saturated heterocycles. The number of nitrogens with zero attached hydrogens (tertiary/aromatic N) is 6. The Morgan fingerprint density at radius 3 is 2.55 bits per heavy atom. The van der Waals surface area contributed by atoms with E-state index in [2.05, 4.69) is 15.4 Å². The highest BCUT2D eigenvalue weighted by Gasteiger charge is 2.34. The number of carbonyl (C=O) groups is 1. The molecule has 0 atom stereocenters. The van der Waals surface area contributed by atoms with Crippen molar-refractivity contribution in [3.8, 4) is 28.3 Å². The Labute approximate surface area is 179 Å². The molecule has 1 aliphatic rings. The summed E-state index contributed by atoms with van der Waals surface area (Å²) in [6.07, 6.45) is 1.94. The van der Waals surface area contributed by atoms with E-state index in [1.165, 1.54) is 0 Å². The van der Waals surface area contributed by atoms with Gasteiger partial charge >= 0.3 is 0 Å². The van der Waals surface area contributed by atoms with Crippen LogP contribution in [0.15, 0.2) is 66.9 Å². The molecule has 0 radical (unpaired) electrons. The summed E-state index contributed by atoms with van der Waals surface area (Å²) in [5, 5.41) is 13.0. The van der Waals surface area contributed by atoms with Crippen molar-refractivity contribution in [1.29, 1.82) is 0 Å². The van der Waals surface area contributed by atoms with E-state index in [1.54, 1.807) is 23.7 Å². The normalized spacial score (nSPS) is 13.8. The van der Waals surface area contributed by atoms with E-state index >= 15 is 0 Å². The molecule has 4 aromatic rings. The number of methoxy groups -OCH3 is 1. The molecule has 0 bridgehead atoms. The third kappa shape index (κ3) is 3.56. The van der Waals surface area contributed by atoms with Crippen molar-refractivity contribution < 1.29 is 9.53 Å². The maximum absolute atomic E-state index is 13.0. The van der Waals surface area contributed by atoms with Crippen LogP contribution in [0.3, 0.4) is 0 Å². The highest BCUT2D eigenvalue weighted by Crippen LogP contribution is 2.27. The van der Waals surface area contributed by atoms with Crippen LogP contribution in [0.2, 0.25) is 0 Å². The van der Waals surface area contributed by atoms with Gasteiger partial charge in [-0.05, 0) is 18.2 Å². The number of aromatic nitrogens is 5. The molecule has 2 aromatic heterocycles. The van der Waals surface area contributed by atoms with Crippen LogP contribution in [0, 0.1) is 0 Å². The largest absolute Gasteiger partial charge is 0.497 e. The maximum atomic E-state index is 13.0. The van der Waals surface area contributed by atoms with Crippen LogP contribution in [0.1, 0.15) is 16.5 Å². The average molecular weight is 414 g/mol. The second kappa shape index (κ2) is 7.71. The minimum Gasteiger partial charge on any atom is -0.497 e.